The van der Waals surface area contributed by atoms with Crippen LogP contribution < -0.4 is 10.6 Å². The first kappa shape index (κ1) is 15.0. The molecule has 2 rings (SSSR count). The van der Waals surface area contributed by atoms with Gasteiger partial charge in [0, 0.05) is 26.7 Å². The molecule has 2 N–H and O–H groups in total. The second-order valence-electron chi connectivity index (χ2n) is 5.19. The van der Waals surface area contributed by atoms with Gasteiger partial charge in [-0.25, -0.2) is 0 Å². The average Bonchev–Trinajstić information content (AvgIpc) is 3.02. The van der Waals surface area contributed by atoms with Gasteiger partial charge < -0.3 is 15.5 Å². The van der Waals surface area contributed by atoms with Crippen LogP contribution in [-0.4, -0.2) is 51.1 Å². The maximum Gasteiger partial charge on any atom is 0.190 e. The molecule has 1 atom stereocenters. The number of hydrogen-bond donors (Lipinski definition) is 2. The maximum absolute atomic E-state index is 4.25. The summed E-state index contributed by atoms with van der Waals surface area (Å²) in [7, 11) is 4.04. The minimum absolute atomic E-state index is 0. The predicted molar refractivity (Wildman–Crippen MR) is 83.1 cm³/mol. The molecular weight excluding hydrogens is 327 g/mol. The van der Waals surface area contributed by atoms with Crippen molar-refractivity contribution < 1.29 is 0 Å². The molecule has 0 aromatic carbocycles. The monoisotopic (exact) mass is 352 g/mol. The van der Waals surface area contributed by atoms with Gasteiger partial charge >= 0.3 is 0 Å². The molecule has 2 aliphatic rings. The van der Waals surface area contributed by atoms with Gasteiger partial charge in [0.1, 0.15) is 0 Å². The highest BCUT2D eigenvalue weighted by Crippen LogP contribution is 2.27. The van der Waals surface area contributed by atoms with E-state index in [1.807, 2.05) is 7.05 Å². The van der Waals surface area contributed by atoms with Crippen molar-refractivity contribution >= 4 is 29.9 Å². The van der Waals surface area contributed by atoms with Gasteiger partial charge in [-0.3, -0.25) is 4.99 Å². The summed E-state index contributed by atoms with van der Waals surface area (Å²) in [6.45, 7) is 4.59. The molecule has 0 bridgehead atoms. The smallest absolute Gasteiger partial charge is 0.190 e. The third kappa shape index (κ3) is 5.42. The van der Waals surface area contributed by atoms with Crippen molar-refractivity contribution in [1.82, 2.24) is 15.5 Å². The molecule has 0 aromatic rings. The molecule has 0 spiro atoms. The zero-order valence-corrected chi connectivity index (χ0v) is 13.2. The molecule has 1 aliphatic heterocycles. The van der Waals surface area contributed by atoms with E-state index in [2.05, 4.69) is 27.6 Å². The van der Waals surface area contributed by atoms with Gasteiger partial charge in [0.15, 0.2) is 5.96 Å². The molecule has 1 saturated heterocycles. The fourth-order valence-electron chi connectivity index (χ4n) is 2.22. The van der Waals surface area contributed by atoms with Crippen molar-refractivity contribution in [3.63, 3.8) is 0 Å². The molecule has 1 heterocycles. The second-order valence-corrected chi connectivity index (χ2v) is 5.19. The Morgan fingerprint density at radius 1 is 1.18 bits per heavy atom. The predicted octanol–water partition coefficient (Wildman–Crippen LogP) is 1.13. The molecule has 0 amide bonds. The highest BCUT2D eigenvalue weighted by atomic mass is 127. The second kappa shape index (κ2) is 7.41. The summed E-state index contributed by atoms with van der Waals surface area (Å²) in [4.78, 5) is 6.64. The highest BCUT2D eigenvalue weighted by molar-refractivity contribution is 14.0. The molecule has 0 aromatic heterocycles. The van der Waals surface area contributed by atoms with E-state index in [9.17, 15) is 0 Å². The van der Waals surface area contributed by atoms with Crippen molar-refractivity contribution in [3.05, 3.63) is 0 Å². The van der Waals surface area contributed by atoms with Gasteiger partial charge in [-0.2, -0.15) is 0 Å². The van der Waals surface area contributed by atoms with Crippen LogP contribution in [0.5, 0.6) is 0 Å². The maximum atomic E-state index is 4.25. The molecule has 5 heteroatoms. The van der Waals surface area contributed by atoms with Gasteiger partial charge in [-0.1, -0.05) is 0 Å². The first-order chi connectivity index (χ1) is 7.78. The molecule has 1 aliphatic carbocycles. The molecule has 4 nitrogen and oxygen atoms in total. The number of nitrogens with one attached hydrogen (secondary N) is 2. The normalized spacial score (nSPS) is 25.5. The van der Waals surface area contributed by atoms with E-state index in [4.69, 9.17) is 0 Å². The Kier molecular flexibility index (Phi) is 6.54. The summed E-state index contributed by atoms with van der Waals surface area (Å²) in [6.07, 6.45) is 4.08. The minimum atomic E-state index is 0. The Morgan fingerprint density at radius 3 is 2.29 bits per heavy atom. The van der Waals surface area contributed by atoms with Gasteiger partial charge in [0.25, 0.3) is 0 Å². The van der Waals surface area contributed by atoms with Crippen LogP contribution in [0.2, 0.25) is 0 Å². The van der Waals surface area contributed by atoms with Crippen molar-refractivity contribution in [1.29, 1.82) is 0 Å². The van der Waals surface area contributed by atoms with Crippen molar-refractivity contribution in [2.45, 2.75) is 19.3 Å². The lowest BCUT2D eigenvalue weighted by molar-refractivity contribution is 0.394. The quantitative estimate of drug-likeness (QED) is 0.453. The lowest BCUT2D eigenvalue weighted by atomic mass is 10.1. The fourth-order valence-corrected chi connectivity index (χ4v) is 2.22. The van der Waals surface area contributed by atoms with Crippen LogP contribution in [0.1, 0.15) is 19.3 Å². The topological polar surface area (TPSA) is 39.7 Å². The van der Waals surface area contributed by atoms with Gasteiger partial charge in [-0.05, 0) is 44.7 Å². The molecule has 1 unspecified atom stereocenters. The summed E-state index contributed by atoms with van der Waals surface area (Å²) in [5.41, 5.74) is 0. The third-order valence-electron chi connectivity index (χ3n) is 3.53. The van der Waals surface area contributed by atoms with Crippen LogP contribution in [0.3, 0.4) is 0 Å². The van der Waals surface area contributed by atoms with E-state index < -0.39 is 0 Å². The Bertz CT molecular complexity index is 253. The largest absolute Gasteiger partial charge is 0.356 e. The Morgan fingerprint density at radius 2 is 1.82 bits per heavy atom. The van der Waals surface area contributed by atoms with E-state index in [-0.39, 0.29) is 24.0 Å². The van der Waals surface area contributed by atoms with Gasteiger partial charge in [0.05, 0.1) is 0 Å². The summed E-state index contributed by atoms with van der Waals surface area (Å²) in [6, 6.07) is 0. The molecule has 100 valence electrons. The van der Waals surface area contributed by atoms with E-state index >= 15 is 0 Å². The van der Waals surface area contributed by atoms with Crippen molar-refractivity contribution in [2.75, 3.05) is 40.3 Å². The number of halogens is 1. The molecule has 0 radical (unpaired) electrons. The number of guanidine groups is 1. The van der Waals surface area contributed by atoms with Gasteiger partial charge in [-0.15, -0.1) is 24.0 Å². The van der Waals surface area contributed by atoms with E-state index in [0.29, 0.717) is 0 Å². The van der Waals surface area contributed by atoms with Crippen molar-refractivity contribution in [3.8, 4) is 0 Å². The summed E-state index contributed by atoms with van der Waals surface area (Å²) < 4.78 is 0. The Balaban J connectivity index is 0.00000144. The summed E-state index contributed by atoms with van der Waals surface area (Å²) >= 11 is 0. The van der Waals surface area contributed by atoms with E-state index in [1.165, 1.54) is 32.4 Å². The van der Waals surface area contributed by atoms with Crippen LogP contribution in [0.15, 0.2) is 4.99 Å². The zero-order valence-electron chi connectivity index (χ0n) is 10.9. The van der Waals surface area contributed by atoms with Crippen LogP contribution in [0, 0.1) is 11.8 Å². The lowest BCUT2D eigenvalue weighted by Gasteiger charge is -2.15. The molecule has 1 saturated carbocycles. The van der Waals surface area contributed by atoms with Crippen LogP contribution >= 0.6 is 24.0 Å². The SMILES string of the molecule is CN=C(NCC1CC1)NCC1CCN(C)C1.I. The lowest BCUT2D eigenvalue weighted by Crippen LogP contribution is -2.40. The third-order valence-corrected chi connectivity index (χ3v) is 3.53. The van der Waals surface area contributed by atoms with E-state index in [1.54, 1.807) is 0 Å². The molecule has 17 heavy (non-hydrogen) atoms. The first-order valence-corrected chi connectivity index (χ1v) is 6.41. The molecule has 2 fully saturated rings. The van der Waals surface area contributed by atoms with Crippen molar-refractivity contribution in [2.24, 2.45) is 16.8 Å². The van der Waals surface area contributed by atoms with Crippen LogP contribution in [-0.2, 0) is 0 Å². The standard InChI is InChI=1S/C12H24N4.HI/c1-13-12(14-7-10-3-4-10)15-8-11-5-6-16(2)9-11;/h10-11H,3-9H2,1-2H3,(H2,13,14,15);1H. The molecular formula is C12H25IN4. The number of likely N-dealkylation sites (tertiary alicyclic amines) is 1. The minimum Gasteiger partial charge on any atom is -0.356 e. The van der Waals surface area contributed by atoms with Crippen LogP contribution in [0.25, 0.3) is 0 Å². The van der Waals surface area contributed by atoms with Gasteiger partial charge in [0.2, 0.25) is 0 Å². The number of rotatable bonds is 4. The average molecular weight is 352 g/mol. The number of hydrogen-bond acceptors (Lipinski definition) is 2. The Labute approximate surface area is 122 Å². The Hall–Kier alpha value is -0.0400. The highest BCUT2D eigenvalue weighted by Gasteiger charge is 2.22. The zero-order chi connectivity index (χ0) is 11.4. The summed E-state index contributed by atoms with van der Waals surface area (Å²) in [5.74, 6) is 2.65. The number of aliphatic imine (C=N–C) groups is 1. The van der Waals surface area contributed by atoms with Crippen LogP contribution in [0.4, 0.5) is 0 Å². The fraction of sp³-hybridized carbons (Fsp3) is 0.917. The number of nitrogens with zero attached hydrogens (tertiary/aromatic N) is 2. The first-order valence-electron chi connectivity index (χ1n) is 6.41. The summed E-state index contributed by atoms with van der Waals surface area (Å²) in [5, 5.41) is 6.82. The van der Waals surface area contributed by atoms with E-state index in [0.717, 1.165) is 30.9 Å².